The molecule has 4 rings (SSSR count). The number of aliphatic imine (C=N–C) groups is 1. The molecule has 0 saturated heterocycles. The van der Waals surface area contributed by atoms with Crippen LogP contribution in [0.2, 0.25) is 0 Å². The lowest BCUT2D eigenvalue weighted by molar-refractivity contribution is -0.439. The van der Waals surface area contributed by atoms with Gasteiger partial charge in [0.1, 0.15) is 6.54 Å². The second-order valence-electron chi connectivity index (χ2n) is 9.69. The number of nitrogens with two attached hydrogens (primary N) is 2. The summed E-state index contributed by atoms with van der Waals surface area (Å²) in [5.41, 5.74) is 18.9. The van der Waals surface area contributed by atoms with Gasteiger partial charge in [-0.25, -0.2) is 0 Å². The van der Waals surface area contributed by atoms with E-state index in [1.807, 2.05) is 6.07 Å². The van der Waals surface area contributed by atoms with E-state index in [-0.39, 0.29) is 44.8 Å². The van der Waals surface area contributed by atoms with E-state index in [4.69, 9.17) is 11.5 Å². The molecule has 0 spiro atoms. The summed E-state index contributed by atoms with van der Waals surface area (Å²) in [4.78, 5) is 4.52. The Bertz CT molecular complexity index is 995. The summed E-state index contributed by atoms with van der Waals surface area (Å²) in [5.74, 6) is 0. The number of alkyl halides is 1. The van der Waals surface area contributed by atoms with Gasteiger partial charge >= 0.3 is 0 Å². The Morgan fingerprint density at radius 2 is 1.37 bits per heavy atom. The van der Waals surface area contributed by atoms with Gasteiger partial charge in [0.15, 0.2) is 5.71 Å². The van der Waals surface area contributed by atoms with Crippen LogP contribution in [0.3, 0.4) is 0 Å². The minimum atomic E-state index is 0. The topological polar surface area (TPSA) is 67.4 Å². The first kappa shape index (κ1) is 34.1. The van der Waals surface area contributed by atoms with Crippen molar-refractivity contribution in [3.8, 4) is 0 Å². The van der Waals surface area contributed by atoms with Crippen molar-refractivity contribution in [3.05, 3.63) is 59.7 Å². The molecule has 7 heteroatoms. The van der Waals surface area contributed by atoms with Gasteiger partial charge in [0.2, 0.25) is 5.69 Å². The van der Waals surface area contributed by atoms with E-state index in [1.54, 1.807) is 0 Å². The summed E-state index contributed by atoms with van der Waals surface area (Å²) < 4.78 is 2.42. The molecule has 0 amide bonds. The monoisotopic (exact) mass is 672 g/mol. The third-order valence-electron chi connectivity index (χ3n) is 6.87. The van der Waals surface area contributed by atoms with Crippen LogP contribution in [0.5, 0.6) is 0 Å². The van der Waals surface area contributed by atoms with E-state index < -0.39 is 0 Å². The highest BCUT2D eigenvalue weighted by molar-refractivity contribution is 9.09. The Morgan fingerprint density at radius 1 is 0.829 bits per heavy atom. The van der Waals surface area contributed by atoms with Gasteiger partial charge in [-0.3, -0.25) is 4.99 Å². The predicted octanol–water partition coefficient (Wildman–Crippen LogP) is 3.81. The van der Waals surface area contributed by atoms with E-state index in [9.17, 15) is 0 Å². The van der Waals surface area contributed by atoms with Gasteiger partial charge in [0.05, 0.1) is 11.1 Å². The molecule has 2 heterocycles. The Balaban J connectivity index is 0.000000542. The molecule has 2 aliphatic heterocycles. The molecule has 35 heavy (non-hydrogen) atoms. The van der Waals surface area contributed by atoms with Gasteiger partial charge in [-0.05, 0) is 51.9 Å². The van der Waals surface area contributed by atoms with E-state index >= 15 is 0 Å². The molecule has 4 N–H and O–H groups in total. The fourth-order valence-electron chi connectivity index (χ4n) is 4.18. The Labute approximate surface area is 242 Å². The van der Waals surface area contributed by atoms with Crippen molar-refractivity contribution in [2.45, 2.75) is 65.2 Å². The van der Waals surface area contributed by atoms with E-state index in [1.165, 1.54) is 28.2 Å². The predicted molar refractivity (Wildman–Crippen MR) is 159 cm³/mol. The fourth-order valence-corrected chi connectivity index (χ4v) is 4.50. The SMILES string of the molecule is Br.CC1=Nc2ccccc2C1(C)C.CC1=[N+](CCCN)c2ccccc2C1(C)C.NCCCBr.[Br-]. The Morgan fingerprint density at radius 3 is 1.89 bits per heavy atom. The first-order valence-electron chi connectivity index (χ1n) is 11.9. The van der Waals surface area contributed by atoms with Gasteiger partial charge < -0.3 is 28.4 Å². The number of hydrogen-bond acceptors (Lipinski definition) is 3. The molecule has 0 aliphatic carbocycles. The molecule has 4 nitrogen and oxygen atoms in total. The van der Waals surface area contributed by atoms with Gasteiger partial charge in [0.25, 0.3) is 0 Å². The maximum absolute atomic E-state index is 5.60. The van der Waals surface area contributed by atoms with Crippen LogP contribution in [0.25, 0.3) is 0 Å². The van der Waals surface area contributed by atoms with Crippen LogP contribution in [0.1, 0.15) is 65.5 Å². The maximum atomic E-state index is 5.60. The first-order chi connectivity index (χ1) is 15.6. The van der Waals surface area contributed by atoms with Crippen LogP contribution in [0.15, 0.2) is 53.5 Å². The number of nitrogens with zero attached hydrogens (tertiary/aromatic N) is 2. The van der Waals surface area contributed by atoms with Crippen molar-refractivity contribution in [1.29, 1.82) is 0 Å². The summed E-state index contributed by atoms with van der Waals surface area (Å²) >= 11 is 3.23. The van der Waals surface area contributed by atoms with Crippen LogP contribution in [0.4, 0.5) is 11.4 Å². The summed E-state index contributed by atoms with van der Waals surface area (Å²) in [6, 6.07) is 17.0. The van der Waals surface area contributed by atoms with E-state index in [0.717, 1.165) is 43.5 Å². The van der Waals surface area contributed by atoms with E-state index in [2.05, 4.69) is 110 Å². The second-order valence-corrected chi connectivity index (χ2v) is 10.5. The zero-order valence-electron chi connectivity index (χ0n) is 22.1. The summed E-state index contributed by atoms with van der Waals surface area (Å²) in [6.45, 7) is 15.9. The largest absolute Gasteiger partial charge is 1.00 e. The minimum absolute atomic E-state index is 0. The quantitative estimate of drug-likeness (QED) is 0.375. The van der Waals surface area contributed by atoms with Crippen LogP contribution in [-0.4, -0.2) is 41.0 Å². The highest BCUT2D eigenvalue weighted by Gasteiger charge is 2.42. The molecule has 0 aromatic heterocycles. The number of halogens is 3. The molecular formula is C28H43Br3N4. The Kier molecular flexibility index (Phi) is 15.0. The fraction of sp³-hybridized carbons (Fsp3) is 0.500. The first-order valence-corrected chi connectivity index (χ1v) is 13.1. The van der Waals surface area contributed by atoms with Crippen molar-refractivity contribution in [3.63, 3.8) is 0 Å². The molecule has 2 aliphatic rings. The van der Waals surface area contributed by atoms with E-state index in [0.29, 0.717) is 0 Å². The average Bonchev–Trinajstić information content (AvgIpc) is 3.15. The molecular weight excluding hydrogens is 632 g/mol. The highest BCUT2D eigenvalue weighted by Crippen LogP contribution is 2.40. The van der Waals surface area contributed by atoms with Crippen molar-refractivity contribution in [1.82, 2.24) is 0 Å². The number of fused-ring (bicyclic) bond motifs is 2. The summed E-state index contributed by atoms with van der Waals surface area (Å²) in [5, 5.41) is 1.03. The van der Waals surface area contributed by atoms with Crippen LogP contribution < -0.4 is 28.4 Å². The van der Waals surface area contributed by atoms with Crippen LogP contribution >= 0.6 is 32.9 Å². The lowest BCUT2D eigenvalue weighted by Crippen LogP contribution is -3.00. The Hall–Kier alpha value is -0.860. The normalized spacial score (nSPS) is 15.7. The molecule has 0 fully saturated rings. The third kappa shape index (κ3) is 8.06. The molecule has 0 radical (unpaired) electrons. The van der Waals surface area contributed by atoms with Crippen LogP contribution in [0, 0.1) is 0 Å². The van der Waals surface area contributed by atoms with Crippen molar-refractivity contribution < 1.29 is 21.6 Å². The van der Waals surface area contributed by atoms with Crippen molar-refractivity contribution in [2.75, 3.05) is 25.0 Å². The lowest BCUT2D eigenvalue weighted by Gasteiger charge is -2.19. The van der Waals surface area contributed by atoms with Gasteiger partial charge in [-0.1, -0.05) is 66.2 Å². The molecule has 196 valence electrons. The zero-order valence-corrected chi connectivity index (χ0v) is 27.0. The number of para-hydroxylation sites is 2. The number of rotatable bonds is 5. The molecule has 0 atom stereocenters. The molecule has 0 unspecified atom stereocenters. The lowest BCUT2D eigenvalue weighted by atomic mass is 9.82. The van der Waals surface area contributed by atoms with Gasteiger partial charge in [-0.15, -0.1) is 17.0 Å². The number of hydrogen-bond donors (Lipinski definition) is 2. The molecule has 0 bridgehead atoms. The molecule has 2 aromatic rings. The highest BCUT2D eigenvalue weighted by atomic mass is 79.9. The van der Waals surface area contributed by atoms with Crippen LogP contribution in [-0.2, 0) is 10.8 Å². The van der Waals surface area contributed by atoms with Crippen molar-refractivity contribution >= 4 is 55.7 Å². The minimum Gasteiger partial charge on any atom is -1.00 e. The van der Waals surface area contributed by atoms with Crippen molar-refractivity contribution in [2.24, 2.45) is 16.5 Å². The molecule has 2 aromatic carbocycles. The summed E-state index contributed by atoms with van der Waals surface area (Å²) in [7, 11) is 0. The standard InChI is InChI=1S/C14H21N2.C11H13N.C3H8BrN.2BrH/c1-11-14(2,3)12-7-4-5-8-13(12)16(11)10-6-9-15;1-8-11(2,3)9-6-4-5-7-10(9)12-8;4-2-1-3-5;;/h4-5,7-8H,6,9-10,15H2,1-3H3;4-7H,1-3H3;1-3,5H2;2*1H/q+1;;;;/p-1. The summed E-state index contributed by atoms with van der Waals surface area (Å²) in [6.07, 6.45) is 2.13. The smallest absolute Gasteiger partial charge is 0.209 e. The zero-order chi connectivity index (χ0) is 24.6. The second kappa shape index (κ2) is 15.4. The maximum Gasteiger partial charge on any atom is 0.209 e. The third-order valence-corrected chi connectivity index (χ3v) is 7.43. The van der Waals surface area contributed by atoms with Gasteiger partial charge in [0, 0.05) is 41.4 Å². The van der Waals surface area contributed by atoms with Gasteiger partial charge in [-0.2, -0.15) is 4.58 Å². The molecule has 0 saturated carbocycles. The average molecular weight is 675 g/mol. The number of benzene rings is 2.